The number of rotatable bonds is 4. The van der Waals surface area contributed by atoms with E-state index < -0.39 is 4.92 Å². The number of benzene rings is 2. The van der Waals surface area contributed by atoms with E-state index >= 15 is 0 Å². The summed E-state index contributed by atoms with van der Waals surface area (Å²) in [6.45, 7) is 0.419. The molecule has 0 spiro atoms. The highest BCUT2D eigenvalue weighted by Crippen LogP contribution is 2.27. The first kappa shape index (κ1) is 14.3. The number of nitro groups is 1. The number of nitrogens with zero attached hydrogens (tertiary/aromatic N) is 3. The smallest absolute Gasteiger partial charge is 0.292 e. The van der Waals surface area contributed by atoms with Crippen molar-refractivity contribution in [3.8, 4) is 6.07 Å². The Balaban J connectivity index is 2.27. The van der Waals surface area contributed by atoms with E-state index in [0.29, 0.717) is 17.7 Å². The third kappa shape index (κ3) is 3.09. The maximum Gasteiger partial charge on any atom is 0.292 e. The number of nitro benzene ring substituents is 1. The third-order valence-corrected chi connectivity index (χ3v) is 3.19. The normalized spacial score (nSPS) is 9.90. The van der Waals surface area contributed by atoms with Gasteiger partial charge in [-0.15, -0.1) is 0 Å². The van der Waals surface area contributed by atoms with Gasteiger partial charge in [0.2, 0.25) is 0 Å². The molecule has 0 aromatic heterocycles. The lowest BCUT2D eigenvalue weighted by atomic mass is 10.1. The Morgan fingerprint density at radius 2 is 2.05 bits per heavy atom. The molecular formula is C15H14N4O2. The largest absolute Gasteiger partial charge is 0.393 e. The molecule has 0 aliphatic rings. The van der Waals surface area contributed by atoms with Gasteiger partial charge in [-0.2, -0.15) is 5.26 Å². The van der Waals surface area contributed by atoms with Crippen LogP contribution in [-0.4, -0.2) is 12.0 Å². The minimum Gasteiger partial charge on any atom is -0.393 e. The second-order valence-electron chi connectivity index (χ2n) is 4.63. The first-order chi connectivity index (χ1) is 10.0. The lowest BCUT2D eigenvalue weighted by molar-refractivity contribution is -0.383. The second kappa shape index (κ2) is 5.92. The summed E-state index contributed by atoms with van der Waals surface area (Å²) in [5.74, 6) is 0. The maximum absolute atomic E-state index is 10.9. The van der Waals surface area contributed by atoms with Crippen molar-refractivity contribution in [1.82, 2.24) is 0 Å². The van der Waals surface area contributed by atoms with E-state index in [0.717, 1.165) is 5.69 Å². The van der Waals surface area contributed by atoms with E-state index in [1.54, 1.807) is 30.3 Å². The Bertz CT molecular complexity index is 722. The zero-order valence-electron chi connectivity index (χ0n) is 11.5. The first-order valence-electron chi connectivity index (χ1n) is 6.26. The number of hydrogen-bond donors (Lipinski definition) is 1. The highest BCUT2D eigenvalue weighted by molar-refractivity contribution is 5.64. The molecule has 0 aliphatic heterocycles. The third-order valence-electron chi connectivity index (χ3n) is 3.19. The van der Waals surface area contributed by atoms with Crippen LogP contribution in [-0.2, 0) is 6.54 Å². The van der Waals surface area contributed by atoms with E-state index in [-0.39, 0.29) is 11.4 Å². The van der Waals surface area contributed by atoms with Crippen LogP contribution in [0.4, 0.5) is 17.1 Å². The summed E-state index contributed by atoms with van der Waals surface area (Å²) in [6.07, 6.45) is 0. The first-order valence-corrected chi connectivity index (χ1v) is 6.26. The van der Waals surface area contributed by atoms with Gasteiger partial charge in [-0.3, -0.25) is 10.1 Å². The predicted octanol–water partition coefficient (Wildman–Crippen LogP) is 2.69. The molecule has 6 heteroatoms. The fraction of sp³-hybridized carbons (Fsp3) is 0.133. The van der Waals surface area contributed by atoms with Crippen LogP contribution >= 0.6 is 0 Å². The van der Waals surface area contributed by atoms with Crippen molar-refractivity contribution in [3.63, 3.8) is 0 Å². The van der Waals surface area contributed by atoms with Gasteiger partial charge in [-0.05, 0) is 18.2 Å². The Morgan fingerprint density at radius 1 is 1.33 bits per heavy atom. The molecule has 2 rings (SSSR count). The van der Waals surface area contributed by atoms with Gasteiger partial charge < -0.3 is 10.6 Å². The van der Waals surface area contributed by atoms with Crippen LogP contribution in [0, 0.1) is 21.4 Å². The molecule has 0 unspecified atom stereocenters. The Hall–Kier alpha value is -3.07. The molecule has 0 bridgehead atoms. The standard InChI is InChI=1S/C15H14N4O2/c1-18(13-6-2-4-11(8-13)9-16)10-12-5-3-7-14(15(12)17)19(20)21/h2-8H,10,17H2,1H3. The van der Waals surface area contributed by atoms with E-state index in [9.17, 15) is 10.1 Å². The van der Waals surface area contributed by atoms with Crippen molar-refractivity contribution in [2.75, 3.05) is 17.7 Å². The second-order valence-corrected chi connectivity index (χ2v) is 4.63. The van der Waals surface area contributed by atoms with Crippen LogP contribution < -0.4 is 10.6 Å². The topological polar surface area (TPSA) is 96.2 Å². The maximum atomic E-state index is 10.9. The Morgan fingerprint density at radius 3 is 2.71 bits per heavy atom. The molecule has 6 nitrogen and oxygen atoms in total. The predicted molar refractivity (Wildman–Crippen MR) is 80.8 cm³/mol. The van der Waals surface area contributed by atoms with Crippen molar-refractivity contribution in [2.24, 2.45) is 0 Å². The minimum atomic E-state index is -0.491. The van der Waals surface area contributed by atoms with E-state index in [4.69, 9.17) is 11.0 Å². The van der Waals surface area contributed by atoms with Crippen molar-refractivity contribution in [2.45, 2.75) is 6.54 Å². The van der Waals surface area contributed by atoms with Crippen LogP contribution in [0.1, 0.15) is 11.1 Å². The summed E-state index contributed by atoms with van der Waals surface area (Å²) >= 11 is 0. The number of anilines is 2. The zero-order chi connectivity index (χ0) is 15.4. The quantitative estimate of drug-likeness (QED) is 0.528. The van der Waals surface area contributed by atoms with Gasteiger partial charge in [-0.1, -0.05) is 18.2 Å². The van der Waals surface area contributed by atoms with Crippen molar-refractivity contribution in [1.29, 1.82) is 5.26 Å². The summed E-state index contributed by atoms with van der Waals surface area (Å²) in [7, 11) is 1.84. The average molecular weight is 282 g/mol. The summed E-state index contributed by atoms with van der Waals surface area (Å²) in [4.78, 5) is 12.3. The van der Waals surface area contributed by atoms with Crippen molar-refractivity contribution in [3.05, 3.63) is 63.7 Å². The molecule has 0 heterocycles. The molecule has 2 aromatic rings. The zero-order valence-corrected chi connectivity index (χ0v) is 11.5. The molecule has 106 valence electrons. The minimum absolute atomic E-state index is 0.0910. The molecule has 0 atom stereocenters. The van der Waals surface area contributed by atoms with Crippen LogP contribution in [0.15, 0.2) is 42.5 Å². The molecule has 2 aromatic carbocycles. The molecule has 0 saturated carbocycles. The van der Waals surface area contributed by atoms with Gasteiger partial charge >= 0.3 is 0 Å². The highest BCUT2D eigenvalue weighted by Gasteiger charge is 2.15. The Kier molecular flexibility index (Phi) is 4.05. The van der Waals surface area contributed by atoms with E-state index in [2.05, 4.69) is 6.07 Å². The molecule has 2 N–H and O–H groups in total. The van der Waals surface area contributed by atoms with Crippen LogP contribution in [0.3, 0.4) is 0 Å². The van der Waals surface area contributed by atoms with Crippen molar-refractivity contribution >= 4 is 17.1 Å². The summed E-state index contributed by atoms with van der Waals surface area (Å²) in [6, 6.07) is 14.0. The average Bonchev–Trinajstić information content (AvgIpc) is 2.49. The van der Waals surface area contributed by atoms with Gasteiger partial charge in [0.25, 0.3) is 5.69 Å². The highest BCUT2D eigenvalue weighted by atomic mass is 16.6. The van der Waals surface area contributed by atoms with Crippen LogP contribution in [0.25, 0.3) is 0 Å². The van der Waals surface area contributed by atoms with Gasteiger partial charge in [0.05, 0.1) is 16.6 Å². The molecule has 0 saturated heterocycles. The molecule has 0 fully saturated rings. The number of nitriles is 1. The molecule has 0 radical (unpaired) electrons. The van der Waals surface area contributed by atoms with Gasteiger partial charge in [0.1, 0.15) is 5.69 Å². The van der Waals surface area contributed by atoms with Crippen LogP contribution in [0.5, 0.6) is 0 Å². The van der Waals surface area contributed by atoms with Crippen molar-refractivity contribution < 1.29 is 4.92 Å². The van der Waals surface area contributed by atoms with E-state index in [1.807, 2.05) is 18.0 Å². The lowest BCUT2D eigenvalue weighted by Crippen LogP contribution is -2.17. The molecule has 21 heavy (non-hydrogen) atoms. The Labute approximate surface area is 122 Å². The molecule has 0 amide bonds. The summed E-state index contributed by atoms with van der Waals surface area (Å²) < 4.78 is 0. The molecule has 0 aliphatic carbocycles. The number of nitrogen functional groups attached to an aromatic ring is 1. The van der Waals surface area contributed by atoms with Gasteiger partial charge in [-0.25, -0.2) is 0 Å². The summed E-state index contributed by atoms with van der Waals surface area (Å²) in [5.41, 5.74) is 8.01. The number of hydrogen-bond acceptors (Lipinski definition) is 5. The lowest BCUT2D eigenvalue weighted by Gasteiger charge is -2.20. The SMILES string of the molecule is CN(Cc1cccc([N+](=O)[O-])c1N)c1cccc(C#N)c1. The number of para-hydroxylation sites is 1. The van der Waals surface area contributed by atoms with E-state index in [1.165, 1.54) is 6.07 Å². The van der Waals surface area contributed by atoms with Crippen LogP contribution in [0.2, 0.25) is 0 Å². The molecular weight excluding hydrogens is 268 g/mol. The monoisotopic (exact) mass is 282 g/mol. The fourth-order valence-electron chi connectivity index (χ4n) is 2.06. The van der Waals surface area contributed by atoms with Gasteiger partial charge in [0, 0.05) is 30.9 Å². The van der Waals surface area contributed by atoms with Gasteiger partial charge in [0.15, 0.2) is 0 Å². The number of nitrogens with two attached hydrogens (primary N) is 1. The fourth-order valence-corrected chi connectivity index (χ4v) is 2.06. The summed E-state index contributed by atoms with van der Waals surface area (Å²) in [5, 5.41) is 19.8.